The van der Waals surface area contributed by atoms with Crippen LogP contribution in [-0.4, -0.2) is 32.8 Å². The molecule has 10 heteroatoms. The minimum atomic E-state index is -0.588. The zero-order chi connectivity index (χ0) is 19.6. The lowest BCUT2D eigenvalue weighted by atomic mass is 10.1. The molecule has 27 heavy (non-hydrogen) atoms. The van der Waals surface area contributed by atoms with E-state index in [1.165, 1.54) is 31.6 Å². The smallest absolute Gasteiger partial charge is 0.324 e. The molecule has 3 rings (SSSR count). The molecule has 8 nitrogen and oxygen atoms in total. The van der Waals surface area contributed by atoms with Crippen molar-refractivity contribution in [2.45, 2.75) is 13.0 Å². The summed E-state index contributed by atoms with van der Waals surface area (Å²) in [5.74, 6) is 0.205. The topological polar surface area (TPSA) is 112 Å². The Morgan fingerprint density at radius 1 is 1.22 bits per heavy atom. The highest BCUT2D eigenvalue weighted by molar-refractivity contribution is 7.17. The molecule has 0 saturated heterocycles. The standard InChI is InChI=1S/C17H18ClN3O5S/c1-24-11-6-12(25-2)10(5-9(11)18)20-17(23)21-16-14(15(19)22)8-3-4-26-7-13(8)27-16/h5-6H,3-4,7H2,1-2H3,(H2,19,22)(H2,20,21,23). The van der Waals surface area contributed by atoms with Crippen LogP contribution in [0.4, 0.5) is 15.5 Å². The molecule has 1 aliphatic rings. The molecular formula is C17H18ClN3O5S. The van der Waals surface area contributed by atoms with Gasteiger partial charge in [-0.15, -0.1) is 11.3 Å². The van der Waals surface area contributed by atoms with Crippen LogP contribution < -0.4 is 25.8 Å². The van der Waals surface area contributed by atoms with Crippen molar-refractivity contribution in [1.82, 2.24) is 0 Å². The van der Waals surface area contributed by atoms with E-state index in [0.29, 0.717) is 52.4 Å². The summed E-state index contributed by atoms with van der Waals surface area (Å²) in [6.45, 7) is 0.905. The van der Waals surface area contributed by atoms with Crippen molar-refractivity contribution in [3.05, 3.63) is 33.2 Å². The molecule has 0 saturated carbocycles. The molecule has 0 spiro atoms. The number of fused-ring (bicyclic) bond motifs is 1. The zero-order valence-electron chi connectivity index (χ0n) is 14.7. The number of halogens is 1. The average Bonchev–Trinajstić information content (AvgIpc) is 2.99. The van der Waals surface area contributed by atoms with Crippen LogP contribution in [0.1, 0.15) is 20.8 Å². The number of anilines is 2. The third-order valence-electron chi connectivity index (χ3n) is 4.02. The number of hydrogen-bond acceptors (Lipinski definition) is 6. The number of hydrogen-bond donors (Lipinski definition) is 3. The quantitative estimate of drug-likeness (QED) is 0.699. The highest BCUT2D eigenvalue weighted by Crippen LogP contribution is 2.38. The van der Waals surface area contributed by atoms with Gasteiger partial charge in [0.05, 0.1) is 43.7 Å². The van der Waals surface area contributed by atoms with Crippen LogP contribution >= 0.6 is 22.9 Å². The first kappa shape index (κ1) is 19.3. The second-order valence-corrected chi connectivity index (χ2v) is 7.15. The largest absolute Gasteiger partial charge is 0.495 e. The molecule has 0 fully saturated rings. The summed E-state index contributed by atoms with van der Waals surface area (Å²) in [6.07, 6.45) is 0.579. The number of ether oxygens (including phenoxy) is 3. The van der Waals surface area contributed by atoms with E-state index >= 15 is 0 Å². The van der Waals surface area contributed by atoms with Gasteiger partial charge in [-0.25, -0.2) is 4.79 Å². The lowest BCUT2D eigenvalue weighted by Gasteiger charge is -2.14. The fourth-order valence-corrected chi connectivity index (χ4v) is 4.22. The molecule has 144 valence electrons. The fourth-order valence-electron chi connectivity index (χ4n) is 2.80. The molecule has 2 heterocycles. The van der Waals surface area contributed by atoms with Crippen LogP contribution in [-0.2, 0) is 17.8 Å². The number of nitrogens with two attached hydrogens (primary N) is 1. The normalized spacial score (nSPS) is 12.9. The molecule has 4 N–H and O–H groups in total. The first-order chi connectivity index (χ1) is 12.9. The van der Waals surface area contributed by atoms with Gasteiger partial charge in [0.2, 0.25) is 0 Å². The molecule has 0 atom stereocenters. The SMILES string of the molecule is COc1cc(OC)c(NC(=O)Nc2sc3c(c2C(N)=O)CCOC3)cc1Cl. The van der Waals surface area contributed by atoms with Gasteiger partial charge in [-0.3, -0.25) is 10.1 Å². The minimum Gasteiger partial charge on any atom is -0.495 e. The molecule has 1 aliphatic heterocycles. The van der Waals surface area contributed by atoms with Gasteiger partial charge in [0.25, 0.3) is 5.91 Å². The molecule has 2 aromatic rings. The molecular weight excluding hydrogens is 394 g/mol. The van der Waals surface area contributed by atoms with Gasteiger partial charge in [-0.05, 0) is 18.1 Å². The van der Waals surface area contributed by atoms with Crippen molar-refractivity contribution in [3.63, 3.8) is 0 Å². The first-order valence-electron chi connectivity index (χ1n) is 7.96. The van der Waals surface area contributed by atoms with E-state index < -0.39 is 11.9 Å². The molecule has 0 bridgehead atoms. The highest BCUT2D eigenvalue weighted by Gasteiger charge is 2.25. The van der Waals surface area contributed by atoms with Gasteiger partial charge in [-0.2, -0.15) is 0 Å². The molecule has 0 radical (unpaired) electrons. The van der Waals surface area contributed by atoms with Crippen molar-refractivity contribution in [2.75, 3.05) is 31.5 Å². The van der Waals surface area contributed by atoms with Gasteiger partial charge < -0.3 is 25.3 Å². The maximum Gasteiger partial charge on any atom is 0.324 e. The minimum absolute atomic E-state index is 0.315. The van der Waals surface area contributed by atoms with E-state index in [1.807, 2.05) is 0 Å². The molecule has 1 aromatic heterocycles. The Morgan fingerprint density at radius 3 is 2.63 bits per heavy atom. The summed E-state index contributed by atoms with van der Waals surface area (Å²) >= 11 is 7.39. The van der Waals surface area contributed by atoms with Gasteiger partial charge >= 0.3 is 6.03 Å². The summed E-state index contributed by atoms with van der Waals surface area (Å²) in [6, 6.07) is 2.52. The molecule has 0 aliphatic carbocycles. The summed E-state index contributed by atoms with van der Waals surface area (Å²) in [5.41, 5.74) is 7.03. The fraction of sp³-hybridized carbons (Fsp3) is 0.294. The van der Waals surface area contributed by atoms with Crippen molar-refractivity contribution in [2.24, 2.45) is 5.73 Å². The van der Waals surface area contributed by atoms with E-state index in [2.05, 4.69) is 10.6 Å². The number of carbonyl (C=O) groups is 2. The van der Waals surface area contributed by atoms with Gasteiger partial charge in [0.1, 0.15) is 16.5 Å². The summed E-state index contributed by atoms with van der Waals surface area (Å²) in [5, 5.41) is 6.03. The number of primary amides is 1. The van der Waals surface area contributed by atoms with E-state index in [9.17, 15) is 9.59 Å². The van der Waals surface area contributed by atoms with Crippen LogP contribution in [0.15, 0.2) is 12.1 Å². The predicted octanol–water partition coefficient (Wildman–Crippen LogP) is 3.23. The monoisotopic (exact) mass is 411 g/mol. The van der Waals surface area contributed by atoms with Crippen molar-refractivity contribution in [1.29, 1.82) is 0 Å². The Labute approximate surface area is 164 Å². The number of thiophene rings is 1. The van der Waals surface area contributed by atoms with Crippen LogP contribution in [0.5, 0.6) is 11.5 Å². The van der Waals surface area contributed by atoms with Crippen LogP contribution in [0.3, 0.4) is 0 Å². The lowest BCUT2D eigenvalue weighted by Crippen LogP contribution is -2.22. The number of rotatable bonds is 5. The number of carbonyl (C=O) groups excluding carboxylic acids is 2. The van der Waals surface area contributed by atoms with Gasteiger partial charge in [0.15, 0.2) is 0 Å². The van der Waals surface area contributed by atoms with Crippen LogP contribution in [0, 0.1) is 0 Å². The van der Waals surface area contributed by atoms with Crippen LogP contribution in [0.25, 0.3) is 0 Å². The van der Waals surface area contributed by atoms with E-state index in [-0.39, 0.29) is 0 Å². The van der Waals surface area contributed by atoms with Gasteiger partial charge in [0, 0.05) is 10.9 Å². The average molecular weight is 412 g/mol. The second-order valence-electron chi connectivity index (χ2n) is 5.64. The Bertz CT molecular complexity index is 899. The zero-order valence-corrected chi connectivity index (χ0v) is 16.3. The number of methoxy groups -OCH3 is 2. The Hall–Kier alpha value is -2.49. The maximum absolute atomic E-state index is 12.5. The van der Waals surface area contributed by atoms with E-state index in [1.54, 1.807) is 6.07 Å². The Morgan fingerprint density at radius 2 is 1.96 bits per heavy atom. The molecule has 3 amide bonds. The summed E-state index contributed by atoms with van der Waals surface area (Å²) in [7, 11) is 2.94. The Balaban J connectivity index is 1.84. The highest BCUT2D eigenvalue weighted by atomic mass is 35.5. The van der Waals surface area contributed by atoms with Crippen molar-refractivity contribution in [3.8, 4) is 11.5 Å². The third-order valence-corrected chi connectivity index (χ3v) is 5.43. The lowest BCUT2D eigenvalue weighted by molar-refractivity contribution is 0.0991. The first-order valence-corrected chi connectivity index (χ1v) is 9.15. The van der Waals surface area contributed by atoms with E-state index in [0.717, 1.165) is 10.4 Å². The predicted molar refractivity (Wildman–Crippen MR) is 103 cm³/mol. The second kappa shape index (κ2) is 8.03. The van der Waals surface area contributed by atoms with Gasteiger partial charge in [-0.1, -0.05) is 11.6 Å². The number of urea groups is 1. The molecule has 1 aromatic carbocycles. The van der Waals surface area contributed by atoms with E-state index in [4.69, 9.17) is 31.5 Å². The molecule has 0 unspecified atom stereocenters. The van der Waals surface area contributed by atoms with Crippen molar-refractivity contribution < 1.29 is 23.8 Å². The number of nitrogens with one attached hydrogen (secondary N) is 2. The number of benzene rings is 1. The van der Waals surface area contributed by atoms with Crippen molar-refractivity contribution >= 4 is 45.6 Å². The summed E-state index contributed by atoms with van der Waals surface area (Å²) < 4.78 is 15.8. The van der Waals surface area contributed by atoms with Crippen LogP contribution in [0.2, 0.25) is 5.02 Å². The Kier molecular flexibility index (Phi) is 5.73. The number of amides is 3. The summed E-state index contributed by atoms with van der Waals surface area (Å²) in [4.78, 5) is 25.2. The maximum atomic E-state index is 12.5. The third kappa shape index (κ3) is 3.95.